The predicted molar refractivity (Wildman–Crippen MR) is 70.8 cm³/mol. The molecule has 3 unspecified atom stereocenters. The second-order valence-corrected chi connectivity index (χ2v) is 5.45. The molecule has 0 bridgehead atoms. The van der Waals surface area contributed by atoms with Crippen LogP contribution in [0.2, 0.25) is 0 Å². The zero-order chi connectivity index (χ0) is 13.7. The van der Waals surface area contributed by atoms with Crippen LogP contribution in [0, 0.1) is 5.92 Å². The molecule has 1 aliphatic carbocycles. The highest BCUT2D eigenvalue weighted by Crippen LogP contribution is 2.23. The number of hydrogen-bond acceptors (Lipinski definition) is 3. The van der Waals surface area contributed by atoms with E-state index in [0.717, 1.165) is 25.7 Å². The number of carbonyl (C=O) groups excluding carboxylic acids is 2. The molecule has 0 aromatic carbocycles. The van der Waals surface area contributed by atoms with Crippen LogP contribution in [0.15, 0.2) is 0 Å². The van der Waals surface area contributed by atoms with Gasteiger partial charge in [0.15, 0.2) is 0 Å². The number of amides is 2. The maximum atomic E-state index is 12.0. The van der Waals surface area contributed by atoms with Gasteiger partial charge in [0, 0.05) is 12.1 Å². The molecule has 5 nitrogen and oxygen atoms in total. The maximum absolute atomic E-state index is 12.0. The summed E-state index contributed by atoms with van der Waals surface area (Å²) in [5.41, 5.74) is 5.95. The van der Waals surface area contributed by atoms with Crippen molar-refractivity contribution in [3.8, 4) is 0 Å². The molecule has 0 radical (unpaired) electrons. The summed E-state index contributed by atoms with van der Waals surface area (Å²) in [6.45, 7) is 5.48. The summed E-state index contributed by atoms with van der Waals surface area (Å²) in [4.78, 5) is 23.7. The van der Waals surface area contributed by atoms with Gasteiger partial charge in [0.05, 0.1) is 5.92 Å². The Morgan fingerprint density at radius 1 is 1.11 bits per heavy atom. The number of hydrogen-bond donors (Lipinski definition) is 3. The molecule has 1 fully saturated rings. The summed E-state index contributed by atoms with van der Waals surface area (Å²) in [6.07, 6.45) is 3.85. The normalized spacial score (nSPS) is 25.6. The van der Waals surface area contributed by atoms with Crippen molar-refractivity contribution in [2.24, 2.45) is 11.7 Å². The number of rotatable bonds is 4. The average molecular weight is 255 g/mol. The molecule has 1 aliphatic rings. The van der Waals surface area contributed by atoms with Crippen molar-refractivity contribution in [2.45, 2.75) is 64.6 Å². The van der Waals surface area contributed by atoms with E-state index in [0.29, 0.717) is 0 Å². The van der Waals surface area contributed by atoms with Crippen LogP contribution in [0.3, 0.4) is 0 Å². The third kappa shape index (κ3) is 4.29. The molecule has 0 aliphatic heterocycles. The SMILES string of the molecule is CC(C)NC(=O)C(C)NC(=O)C1CCCCC1N. The molecule has 2 amide bonds. The fourth-order valence-corrected chi connectivity index (χ4v) is 2.28. The summed E-state index contributed by atoms with van der Waals surface area (Å²) in [5, 5.41) is 5.53. The molecule has 5 heteroatoms. The average Bonchev–Trinajstić information content (AvgIpc) is 2.28. The van der Waals surface area contributed by atoms with Crippen LogP contribution in [-0.4, -0.2) is 29.9 Å². The minimum atomic E-state index is -0.506. The van der Waals surface area contributed by atoms with E-state index in [1.165, 1.54) is 0 Å². The summed E-state index contributed by atoms with van der Waals surface area (Å²) in [5.74, 6) is -0.385. The van der Waals surface area contributed by atoms with E-state index >= 15 is 0 Å². The Kier molecular flexibility index (Phi) is 5.59. The van der Waals surface area contributed by atoms with Crippen LogP contribution in [0.4, 0.5) is 0 Å². The fraction of sp³-hybridized carbons (Fsp3) is 0.846. The van der Waals surface area contributed by atoms with E-state index in [4.69, 9.17) is 5.73 Å². The summed E-state index contributed by atoms with van der Waals surface area (Å²) in [7, 11) is 0. The number of nitrogens with two attached hydrogens (primary N) is 1. The monoisotopic (exact) mass is 255 g/mol. The Morgan fingerprint density at radius 2 is 1.72 bits per heavy atom. The van der Waals surface area contributed by atoms with Gasteiger partial charge in [0.1, 0.15) is 6.04 Å². The molecule has 0 aromatic rings. The quantitative estimate of drug-likeness (QED) is 0.685. The highest BCUT2D eigenvalue weighted by Gasteiger charge is 2.29. The highest BCUT2D eigenvalue weighted by molar-refractivity contribution is 5.88. The molecule has 1 rings (SSSR count). The molecule has 104 valence electrons. The fourth-order valence-electron chi connectivity index (χ4n) is 2.28. The first-order valence-corrected chi connectivity index (χ1v) is 6.78. The van der Waals surface area contributed by atoms with Gasteiger partial charge in [0.2, 0.25) is 11.8 Å². The Hall–Kier alpha value is -1.10. The van der Waals surface area contributed by atoms with Crippen LogP contribution in [0.25, 0.3) is 0 Å². The lowest BCUT2D eigenvalue weighted by atomic mass is 9.84. The minimum Gasteiger partial charge on any atom is -0.352 e. The van der Waals surface area contributed by atoms with Gasteiger partial charge in [-0.05, 0) is 33.6 Å². The molecule has 0 heterocycles. The second-order valence-electron chi connectivity index (χ2n) is 5.45. The Balaban J connectivity index is 2.45. The third-order valence-corrected chi connectivity index (χ3v) is 3.34. The van der Waals surface area contributed by atoms with Gasteiger partial charge in [-0.25, -0.2) is 0 Å². The second kappa shape index (κ2) is 6.73. The van der Waals surface area contributed by atoms with E-state index in [9.17, 15) is 9.59 Å². The van der Waals surface area contributed by atoms with Crippen molar-refractivity contribution in [3.63, 3.8) is 0 Å². The smallest absolute Gasteiger partial charge is 0.242 e. The van der Waals surface area contributed by atoms with Gasteiger partial charge in [-0.15, -0.1) is 0 Å². The zero-order valence-electron chi connectivity index (χ0n) is 11.5. The van der Waals surface area contributed by atoms with Crippen molar-refractivity contribution in [1.29, 1.82) is 0 Å². The van der Waals surface area contributed by atoms with Crippen LogP contribution >= 0.6 is 0 Å². The van der Waals surface area contributed by atoms with Gasteiger partial charge >= 0.3 is 0 Å². The summed E-state index contributed by atoms with van der Waals surface area (Å²) in [6, 6.07) is -0.498. The molecule has 0 spiro atoms. The van der Waals surface area contributed by atoms with Crippen molar-refractivity contribution in [2.75, 3.05) is 0 Å². The topological polar surface area (TPSA) is 84.2 Å². The van der Waals surface area contributed by atoms with Crippen LogP contribution < -0.4 is 16.4 Å². The molecule has 0 saturated heterocycles. The number of nitrogens with one attached hydrogen (secondary N) is 2. The first-order valence-electron chi connectivity index (χ1n) is 6.78. The molecule has 3 atom stereocenters. The lowest BCUT2D eigenvalue weighted by Gasteiger charge is -2.28. The molecule has 4 N–H and O–H groups in total. The Bertz CT molecular complexity index is 305. The molecular formula is C13H25N3O2. The van der Waals surface area contributed by atoms with Gasteiger partial charge in [-0.1, -0.05) is 12.8 Å². The van der Waals surface area contributed by atoms with E-state index in [-0.39, 0.29) is 29.8 Å². The van der Waals surface area contributed by atoms with Gasteiger partial charge in [-0.3, -0.25) is 9.59 Å². The van der Waals surface area contributed by atoms with Crippen molar-refractivity contribution < 1.29 is 9.59 Å². The Morgan fingerprint density at radius 3 is 2.28 bits per heavy atom. The van der Waals surface area contributed by atoms with E-state index < -0.39 is 6.04 Å². The van der Waals surface area contributed by atoms with E-state index in [1.54, 1.807) is 6.92 Å². The lowest BCUT2D eigenvalue weighted by molar-refractivity contribution is -0.131. The van der Waals surface area contributed by atoms with Crippen molar-refractivity contribution in [3.05, 3.63) is 0 Å². The molecule has 18 heavy (non-hydrogen) atoms. The number of carbonyl (C=O) groups is 2. The van der Waals surface area contributed by atoms with Crippen LogP contribution in [-0.2, 0) is 9.59 Å². The summed E-state index contributed by atoms with van der Waals surface area (Å²) >= 11 is 0. The highest BCUT2D eigenvalue weighted by atomic mass is 16.2. The molecule has 1 saturated carbocycles. The summed E-state index contributed by atoms with van der Waals surface area (Å²) < 4.78 is 0. The van der Waals surface area contributed by atoms with Crippen molar-refractivity contribution >= 4 is 11.8 Å². The minimum absolute atomic E-state index is 0.0703. The zero-order valence-corrected chi connectivity index (χ0v) is 11.5. The van der Waals surface area contributed by atoms with Crippen LogP contribution in [0.5, 0.6) is 0 Å². The van der Waals surface area contributed by atoms with Gasteiger partial charge < -0.3 is 16.4 Å². The standard InChI is InChI=1S/C13H25N3O2/c1-8(2)15-12(17)9(3)16-13(18)10-6-4-5-7-11(10)14/h8-11H,4-7,14H2,1-3H3,(H,15,17)(H,16,18). The predicted octanol–water partition coefficient (Wildman–Crippen LogP) is 0.533. The van der Waals surface area contributed by atoms with E-state index in [1.807, 2.05) is 13.8 Å². The first kappa shape index (κ1) is 15.0. The lowest BCUT2D eigenvalue weighted by Crippen LogP contribution is -2.51. The maximum Gasteiger partial charge on any atom is 0.242 e. The van der Waals surface area contributed by atoms with Crippen molar-refractivity contribution in [1.82, 2.24) is 10.6 Å². The largest absolute Gasteiger partial charge is 0.352 e. The molecular weight excluding hydrogens is 230 g/mol. The van der Waals surface area contributed by atoms with Crippen LogP contribution in [0.1, 0.15) is 46.5 Å². The third-order valence-electron chi connectivity index (χ3n) is 3.34. The molecule has 0 aromatic heterocycles. The van der Waals surface area contributed by atoms with Gasteiger partial charge in [-0.2, -0.15) is 0 Å². The van der Waals surface area contributed by atoms with E-state index in [2.05, 4.69) is 10.6 Å². The first-order chi connectivity index (χ1) is 8.41. The van der Waals surface area contributed by atoms with Gasteiger partial charge in [0.25, 0.3) is 0 Å². The Labute approximate surface area is 109 Å².